The lowest BCUT2D eigenvalue weighted by molar-refractivity contribution is 0.950. The fourth-order valence-corrected chi connectivity index (χ4v) is 1.25. The number of anilines is 2. The number of nitrogens with one attached hydrogen (secondary N) is 3. The van der Waals surface area contributed by atoms with Gasteiger partial charge in [-0.2, -0.15) is 0 Å². The number of fused-ring (bicyclic) bond motifs is 1. The number of hydrogen-bond acceptors (Lipinski definition) is 4. The Morgan fingerprint density at radius 1 is 1.33 bits per heavy atom. The Balaban J connectivity index is 2.60. The monoisotopic (exact) mass is 166 g/mol. The van der Waals surface area contributed by atoms with Crippen molar-refractivity contribution in [3.8, 4) is 0 Å². The SMILES string of the molecule is Cc1nc2c(c(=O)[nH]1)NCCN2. The third kappa shape index (κ3) is 1.03. The van der Waals surface area contributed by atoms with Crippen LogP contribution in [0.5, 0.6) is 0 Å². The van der Waals surface area contributed by atoms with Gasteiger partial charge in [0.15, 0.2) is 5.82 Å². The third-order valence-electron chi connectivity index (χ3n) is 1.76. The molecule has 3 N–H and O–H groups in total. The van der Waals surface area contributed by atoms with Crippen LogP contribution in [0.2, 0.25) is 0 Å². The van der Waals surface area contributed by atoms with Gasteiger partial charge in [-0.1, -0.05) is 0 Å². The molecule has 5 nitrogen and oxygen atoms in total. The molecule has 1 aliphatic heterocycles. The molecule has 0 atom stereocenters. The molecule has 12 heavy (non-hydrogen) atoms. The highest BCUT2D eigenvalue weighted by Gasteiger charge is 2.12. The summed E-state index contributed by atoms with van der Waals surface area (Å²) in [6.45, 7) is 3.34. The number of rotatable bonds is 0. The first-order valence-electron chi connectivity index (χ1n) is 3.86. The minimum Gasteiger partial charge on any atom is -0.376 e. The van der Waals surface area contributed by atoms with Gasteiger partial charge in [-0.3, -0.25) is 4.79 Å². The molecule has 0 aromatic carbocycles. The van der Waals surface area contributed by atoms with Gasteiger partial charge >= 0.3 is 0 Å². The van der Waals surface area contributed by atoms with Crippen LogP contribution in [0.3, 0.4) is 0 Å². The fraction of sp³-hybridized carbons (Fsp3) is 0.429. The van der Waals surface area contributed by atoms with E-state index in [4.69, 9.17) is 0 Å². The summed E-state index contributed by atoms with van der Waals surface area (Å²) in [5.74, 6) is 1.29. The maximum atomic E-state index is 11.3. The molecule has 5 heteroatoms. The summed E-state index contributed by atoms with van der Waals surface area (Å²) < 4.78 is 0. The van der Waals surface area contributed by atoms with Gasteiger partial charge in [0.05, 0.1) is 0 Å². The smallest absolute Gasteiger partial charge is 0.276 e. The van der Waals surface area contributed by atoms with Crippen molar-refractivity contribution in [3.63, 3.8) is 0 Å². The first kappa shape index (κ1) is 7.15. The van der Waals surface area contributed by atoms with Crippen LogP contribution in [0.1, 0.15) is 5.82 Å². The topological polar surface area (TPSA) is 69.8 Å². The van der Waals surface area contributed by atoms with Gasteiger partial charge in [0.2, 0.25) is 0 Å². The maximum Gasteiger partial charge on any atom is 0.276 e. The lowest BCUT2D eigenvalue weighted by atomic mass is 10.3. The zero-order chi connectivity index (χ0) is 8.55. The van der Waals surface area contributed by atoms with E-state index in [-0.39, 0.29) is 5.56 Å². The predicted molar refractivity (Wildman–Crippen MR) is 46.6 cm³/mol. The van der Waals surface area contributed by atoms with Crippen LogP contribution >= 0.6 is 0 Å². The molecule has 0 saturated heterocycles. The molecule has 0 amide bonds. The van der Waals surface area contributed by atoms with E-state index in [1.807, 2.05) is 0 Å². The van der Waals surface area contributed by atoms with Gasteiger partial charge in [-0.05, 0) is 6.92 Å². The average molecular weight is 166 g/mol. The van der Waals surface area contributed by atoms with E-state index in [0.717, 1.165) is 13.1 Å². The normalized spacial score (nSPS) is 14.4. The molecule has 1 aromatic rings. The molecule has 64 valence electrons. The van der Waals surface area contributed by atoms with Crippen LogP contribution in [0.15, 0.2) is 4.79 Å². The summed E-state index contributed by atoms with van der Waals surface area (Å²) in [5.41, 5.74) is 0.441. The number of aromatic amines is 1. The van der Waals surface area contributed by atoms with Crippen molar-refractivity contribution in [1.82, 2.24) is 9.97 Å². The summed E-state index contributed by atoms with van der Waals surface area (Å²) in [7, 11) is 0. The van der Waals surface area contributed by atoms with Crippen molar-refractivity contribution in [1.29, 1.82) is 0 Å². The fourth-order valence-electron chi connectivity index (χ4n) is 1.25. The minimum absolute atomic E-state index is 0.107. The lowest BCUT2D eigenvalue weighted by Crippen LogP contribution is -2.28. The first-order chi connectivity index (χ1) is 5.77. The first-order valence-corrected chi connectivity index (χ1v) is 3.86. The maximum absolute atomic E-state index is 11.3. The summed E-state index contributed by atoms with van der Waals surface area (Å²) in [6.07, 6.45) is 0. The second-order valence-electron chi connectivity index (χ2n) is 2.73. The number of H-pyrrole nitrogens is 1. The predicted octanol–water partition coefficient (Wildman–Crippen LogP) is -0.0843. The summed E-state index contributed by atoms with van der Waals surface area (Å²) in [6, 6.07) is 0. The minimum atomic E-state index is -0.107. The second kappa shape index (κ2) is 2.51. The lowest BCUT2D eigenvalue weighted by Gasteiger charge is -2.17. The van der Waals surface area contributed by atoms with Crippen molar-refractivity contribution in [2.75, 3.05) is 23.7 Å². The molecule has 0 radical (unpaired) electrons. The molecule has 0 unspecified atom stereocenters. The Bertz CT molecular complexity index is 357. The van der Waals surface area contributed by atoms with Gasteiger partial charge in [0, 0.05) is 13.1 Å². The quantitative estimate of drug-likeness (QED) is 0.504. The molecule has 0 bridgehead atoms. The van der Waals surface area contributed by atoms with Gasteiger partial charge in [0.25, 0.3) is 5.56 Å². The van der Waals surface area contributed by atoms with Gasteiger partial charge in [-0.15, -0.1) is 0 Å². The molecule has 1 aliphatic rings. The van der Waals surface area contributed by atoms with Gasteiger partial charge in [-0.25, -0.2) is 4.98 Å². The largest absolute Gasteiger partial charge is 0.376 e. The van der Waals surface area contributed by atoms with E-state index in [9.17, 15) is 4.79 Å². The van der Waals surface area contributed by atoms with E-state index in [2.05, 4.69) is 20.6 Å². The highest BCUT2D eigenvalue weighted by molar-refractivity contribution is 5.64. The van der Waals surface area contributed by atoms with E-state index < -0.39 is 0 Å². The van der Waals surface area contributed by atoms with Gasteiger partial charge in [0.1, 0.15) is 11.5 Å². The molecule has 1 aromatic heterocycles. The summed E-state index contributed by atoms with van der Waals surface area (Å²) in [4.78, 5) is 18.1. The molecule has 2 rings (SSSR count). The Morgan fingerprint density at radius 3 is 2.92 bits per heavy atom. The standard InChI is InChI=1S/C7H10N4O/c1-4-10-6-5(7(12)11-4)8-2-3-9-6/h8H,2-3H2,1H3,(H2,9,10,11,12). The molecular formula is C7H10N4O. The van der Waals surface area contributed by atoms with Gasteiger partial charge < -0.3 is 15.6 Å². The highest BCUT2D eigenvalue weighted by atomic mass is 16.1. The van der Waals surface area contributed by atoms with Crippen LogP contribution in [0.4, 0.5) is 11.5 Å². The highest BCUT2D eigenvalue weighted by Crippen LogP contribution is 2.15. The Hall–Kier alpha value is -1.52. The van der Waals surface area contributed by atoms with Crippen LogP contribution in [0, 0.1) is 6.92 Å². The van der Waals surface area contributed by atoms with Crippen molar-refractivity contribution in [3.05, 3.63) is 16.2 Å². The van der Waals surface area contributed by atoms with Crippen LogP contribution in [-0.4, -0.2) is 23.1 Å². The van der Waals surface area contributed by atoms with E-state index in [0.29, 0.717) is 17.3 Å². The van der Waals surface area contributed by atoms with Crippen LogP contribution in [0.25, 0.3) is 0 Å². The molecule has 0 spiro atoms. The van der Waals surface area contributed by atoms with E-state index in [1.165, 1.54) is 0 Å². The number of nitrogens with zero attached hydrogens (tertiary/aromatic N) is 1. The summed E-state index contributed by atoms with van der Waals surface area (Å²) >= 11 is 0. The number of aromatic nitrogens is 2. The Labute approximate surface area is 69.2 Å². The third-order valence-corrected chi connectivity index (χ3v) is 1.76. The molecule has 0 saturated carbocycles. The molecular weight excluding hydrogens is 156 g/mol. The van der Waals surface area contributed by atoms with Crippen molar-refractivity contribution in [2.45, 2.75) is 6.92 Å². The van der Waals surface area contributed by atoms with Crippen LogP contribution in [-0.2, 0) is 0 Å². The van der Waals surface area contributed by atoms with Crippen LogP contribution < -0.4 is 16.2 Å². The molecule has 0 aliphatic carbocycles. The average Bonchev–Trinajstić information content (AvgIpc) is 2.04. The Kier molecular flexibility index (Phi) is 1.49. The Morgan fingerprint density at radius 2 is 2.08 bits per heavy atom. The number of hydrogen-bond donors (Lipinski definition) is 3. The van der Waals surface area contributed by atoms with Crippen molar-refractivity contribution in [2.24, 2.45) is 0 Å². The second-order valence-corrected chi connectivity index (χ2v) is 2.73. The zero-order valence-electron chi connectivity index (χ0n) is 6.77. The molecule has 0 fully saturated rings. The van der Waals surface area contributed by atoms with Crippen molar-refractivity contribution < 1.29 is 0 Å². The molecule has 2 heterocycles. The van der Waals surface area contributed by atoms with Crippen molar-refractivity contribution >= 4 is 11.5 Å². The summed E-state index contributed by atoms with van der Waals surface area (Å²) in [5, 5.41) is 6.04. The van der Waals surface area contributed by atoms with E-state index in [1.54, 1.807) is 6.92 Å². The zero-order valence-corrected chi connectivity index (χ0v) is 6.77. The number of aryl methyl sites for hydroxylation is 1. The van der Waals surface area contributed by atoms with E-state index >= 15 is 0 Å².